The van der Waals surface area contributed by atoms with Gasteiger partial charge < -0.3 is 20.1 Å². The maximum atomic E-state index is 14.5. The fourth-order valence-electron chi connectivity index (χ4n) is 4.38. The van der Waals surface area contributed by atoms with Crippen molar-refractivity contribution in [2.24, 2.45) is 0 Å². The zero-order valence-corrected chi connectivity index (χ0v) is 21.0. The number of carboxylic acid groups (broad SMARTS) is 1. The molecule has 2 aromatic rings. The smallest absolute Gasteiger partial charge is 0.339 e. The Morgan fingerprint density at radius 1 is 1.19 bits per heavy atom. The monoisotopic (exact) mass is 497 g/mol. The van der Waals surface area contributed by atoms with Crippen molar-refractivity contribution in [1.82, 2.24) is 15.1 Å². The highest BCUT2D eigenvalue weighted by molar-refractivity contribution is 6.00. The quantitative estimate of drug-likeness (QED) is 0.543. The van der Waals surface area contributed by atoms with Crippen molar-refractivity contribution in [2.45, 2.75) is 32.9 Å². The van der Waals surface area contributed by atoms with Crippen molar-refractivity contribution in [3.8, 4) is 5.75 Å². The summed E-state index contributed by atoms with van der Waals surface area (Å²) in [5.74, 6) is -2.07. The minimum atomic E-state index is -1.24. The van der Waals surface area contributed by atoms with Crippen LogP contribution in [0, 0.1) is 19.7 Å². The summed E-state index contributed by atoms with van der Waals surface area (Å²) in [6, 6.07) is 7.56. The third kappa shape index (κ3) is 5.91. The van der Waals surface area contributed by atoms with Gasteiger partial charge in [-0.3, -0.25) is 14.5 Å². The number of carbonyl (C=O) groups is 3. The lowest BCUT2D eigenvalue weighted by molar-refractivity contribution is -0.130. The second kappa shape index (κ2) is 11.3. The van der Waals surface area contributed by atoms with Gasteiger partial charge in [-0.05, 0) is 61.7 Å². The minimum Gasteiger partial charge on any atom is -0.483 e. The van der Waals surface area contributed by atoms with Gasteiger partial charge in [0.15, 0.2) is 0 Å². The number of hydrogen-bond acceptors (Lipinski definition) is 5. The molecule has 0 unspecified atom stereocenters. The van der Waals surface area contributed by atoms with Crippen LogP contribution in [0.5, 0.6) is 5.75 Å². The van der Waals surface area contributed by atoms with E-state index in [2.05, 4.69) is 16.8 Å². The number of carboxylic acids is 1. The van der Waals surface area contributed by atoms with E-state index < -0.39 is 18.0 Å². The first-order chi connectivity index (χ1) is 17.0. The Labute approximate surface area is 210 Å². The maximum Gasteiger partial charge on any atom is 0.339 e. The third-order valence-corrected chi connectivity index (χ3v) is 6.46. The van der Waals surface area contributed by atoms with Crippen molar-refractivity contribution in [3.05, 3.63) is 76.6 Å². The number of benzene rings is 2. The number of hydrogen-bond donors (Lipinski definition) is 2. The molecule has 36 heavy (non-hydrogen) atoms. The highest BCUT2D eigenvalue weighted by Gasteiger charge is 2.29. The molecule has 8 nitrogen and oxygen atoms in total. The van der Waals surface area contributed by atoms with Crippen molar-refractivity contribution < 1.29 is 28.6 Å². The fourth-order valence-corrected chi connectivity index (χ4v) is 4.38. The summed E-state index contributed by atoms with van der Waals surface area (Å²) >= 11 is 0. The van der Waals surface area contributed by atoms with E-state index in [1.807, 2.05) is 6.92 Å². The molecule has 2 atom stereocenters. The van der Waals surface area contributed by atoms with Gasteiger partial charge in [-0.15, -0.1) is 0 Å². The second-order valence-electron chi connectivity index (χ2n) is 9.01. The van der Waals surface area contributed by atoms with E-state index in [4.69, 9.17) is 4.74 Å². The molecule has 1 saturated heterocycles. The SMILES string of the molecule is C=CC(=O)N1CCN(C[C@@H](Oc2cc(C)c(C(=O)NC)cc2C(=O)O)c2ccc(C)c(F)c2)C[C@H]1C. The Morgan fingerprint density at radius 2 is 1.92 bits per heavy atom. The molecule has 0 bridgehead atoms. The molecule has 9 heteroatoms. The number of amides is 2. The Balaban J connectivity index is 1.95. The molecule has 0 radical (unpaired) electrons. The highest BCUT2D eigenvalue weighted by atomic mass is 19.1. The van der Waals surface area contributed by atoms with Crippen molar-refractivity contribution in [3.63, 3.8) is 0 Å². The number of aromatic carboxylic acids is 1. The number of piperazine rings is 1. The average molecular weight is 498 g/mol. The van der Waals surface area contributed by atoms with E-state index in [0.29, 0.717) is 42.9 Å². The molecular weight excluding hydrogens is 465 g/mol. The van der Waals surface area contributed by atoms with Crippen LogP contribution in [-0.2, 0) is 4.79 Å². The lowest BCUT2D eigenvalue weighted by Gasteiger charge is -2.40. The summed E-state index contributed by atoms with van der Waals surface area (Å²) in [7, 11) is 1.47. The first-order valence-corrected chi connectivity index (χ1v) is 11.7. The molecule has 0 aliphatic carbocycles. The number of aryl methyl sites for hydroxylation is 2. The summed E-state index contributed by atoms with van der Waals surface area (Å²) < 4.78 is 20.7. The van der Waals surface area contributed by atoms with Crippen molar-refractivity contribution in [1.29, 1.82) is 0 Å². The standard InChI is InChI=1S/C27H32FN3O5/c1-6-25(32)31-10-9-30(14-18(31)4)15-24(19-8-7-16(2)22(28)12-19)36-23-11-17(3)20(26(33)29-5)13-21(23)27(34)35/h6-8,11-13,18,24H,1,9-10,14-15H2,2-5H3,(H,29,33)(H,34,35)/t18-,24-/m1/s1. The number of nitrogens with one attached hydrogen (secondary N) is 1. The Hall–Kier alpha value is -3.72. The van der Waals surface area contributed by atoms with Gasteiger partial charge in [0.25, 0.3) is 5.91 Å². The van der Waals surface area contributed by atoms with Crippen molar-refractivity contribution in [2.75, 3.05) is 33.2 Å². The number of nitrogens with zero attached hydrogens (tertiary/aromatic N) is 2. The van der Waals surface area contributed by atoms with Crippen LogP contribution in [0.1, 0.15) is 50.4 Å². The number of halogens is 1. The zero-order valence-electron chi connectivity index (χ0n) is 21.0. The molecule has 0 saturated carbocycles. The molecule has 1 aliphatic rings. The Morgan fingerprint density at radius 3 is 2.50 bits per heavy atom. The first-order valence-electron chi connectivity index (χ1n) is 11.7. The van der Waals surface area contributed by atoms with Crippen LogP contribution in [-0.4, -0.2) is 72.0 Å². The summed E-state index contributed by atoms with van der Waals surface area (Å²) in [6.45, 7) is 10.8. The summed E-state index contributed by atoms with van der Waals surface area (Å²) in [4.78, 5) is 40.2. The molecule has 0 spiro atoms. The van der Waals surface area contributed by atoms with E-state index in [1.54, 1.807) is 30.9 Å². The highest BCUT2D eigenvalue weighted by Crippen LogP contribution is 2.30. The van der Waals surface area contributed by atoms with Crippen LogP contribution in [0.15, 0.2) is 43.0 Å². The normalized spacial score (nSPS) is 16.8. The van der Waals surface area contributed by atoms with E-state index in [1.165, 1.54) is 31.3 Å². The van der Waals surface area contributed by atoms with Crippen molar-refractivity contribution >= 4 is 17.8 Å². The van der Waals surface area contributed by atoms with Gasteiger partial charge in [0, 0.05) is 44.8 Å². The lowest BCUT2D eigenvalue weighted by atomic mass is 10.0. The summed E-state index contributed by atoms with van der Waals surface area (Å²) in [5.41, 5.74) is 1.66. The minimum absolute atomic E-state index is 0.0664. The van der Waals surface area contributed by atoms with Crippen LogP contribution in [0.2, 0.25) is 0 Å². The molecule has 1 fully saturated rings. The molecular formula is C27H32FN3O5. The van der Waals surface area contributed by atoms with Crippen LogP contribution in [0.25, 0.3) is 0 Å². The van der Waals surface area contributed by atoms with Gasteiger partial charge in [-0.2, -0.15) is 0 Å². The van der Waals surface area contributed by atoms with Gasteiger partial charge >= 0.3 is 5.97 Å². The van der Waals surface area contributed by atoms with Crippen LogP contribution in [0.3, 0.4) is 0 Å². The first kappa shape index (κ1) is 26.9. The van der Waals surface area contributed by atoms with E-state index in [9.17, 15) is 23.9 Å². The predicted molar refractivity (Wildman–Crippen MR) is 134 cm³/mol. The summed E-state index contributed by atoms with van der Waals surface area (Å²) in [6.07, 6.45) is 0.600. The Kier molecular flexibility index (Phi) is 8.47. The van der Waals surface area contributed by atoms with Gasteiger partial charge in [0.2, 0.25) is 5.91 Å². The molecule has 0 aromatic heterocycles. The summed E-state index contributed by atoms with van der Waals surface area (Å²) in [5, 5.41) is 12.3. The van der Waals surface area contributed by atoms with E-state index >= 15 is 0 Å². The van der Waals surface area contributed by atoms with E-state index in [0.717, 1.165) is 0 Å². The van der Waals surface area contributed by atoms with Crippen LogP contribution in [0.4, 0.5) is 4.39 Å². The van der Waals surface area contributed by atoms with Gasteiger partial charge in [0.05, 0.1) is 0 Å². The maximum absolute atomic E-state index is 14.5. The van der Waals surface area contributed by atoms with Crippen LogP contribution < -0.4 is 10.1 Å². The fraction of sp³-hybridized carbons (Fsp3) is 0.370. The van der Waals surface area contributed by atoms with Crippen LogP contribution >= 0.6 is 0 Å². The predicted octanol–water partition coefficient (Wildman–Crippen LogP) is 3.34. The number of ether oxygens (including phenoxy) is 1. The Bertz CT molecular complexity index is 1180. The van der Waals surface area contributed by atoms with Gasteiger partial charge in [0.1, 0.15) is 23.2 Å². The molecule has 2 N–H and O–H groups in total. The molecule has 1 aliphatic heterocycles. The van der Waals surface area contributed by atoms with Gasteiger partial charge in [-0.25, -0.2) is 9.18 Å². The largest absolute Gasteiger partial charge is 0.483 e. The van der Waals surface area contributed by atoms with E-state index in [-0.39, 0.29) is 34.6 Å². The average Bonchev–Trinajstić information content (AvgIpc) is 2.84. The molecule has 1 heterocycles. The zero-order chi connectivity index (χ0) is 26.6. The van der Waals surface area contributed by atoms with Gasteiger partial charge in [-0.1, -0.05) is 18.7 Å². The number of rotatable bonds is 8. The second-order valence-corrected chi connectivity index (χ2v) is 9.01. The number of carbonyl (C=O) groups excluding carboxylic acids is 2. The third-order valence-electron chi connectivity index (χ3n) is 6.46. The molecule has 3 rings (SSSR count). The molecule has 2 aromatic carbocycles. The molecule has 2 amide bonds. The topological polar surface area (TPSA) is 99.2 Å². The molecule has 192 valence electrons. The lowest BCUT2D eigenvalue weighted by Crippen LogP contribution is -2.54.